The SMILES string of the molecule is CN1CCC[C@]2(CO)CCN(Cc3ccncc3)C[C@@H]12. The van der Waals surface area contributed by atoms with Crippen molar-refractivity contribution in [3.05, 3.63) is 30.1 Å². The number of nitrogens with zero attached hydrogens (tertiary/aromatic N) is 3. The van der Waals surface area contributed by atoms with E-state index in [9.17, 15) is 5.11 Å². The molecule has 0 aromatic carbocycles. The molecule has 0 aliphatic carbocycles. The molecule has 2 fully saturated rings. The molecule has 0 radical (unpaired) electrons. The van der Waals surface area contributed by atoms with Gasteiger partial charge < -0.3 is 10.0 Å². The van der Waals surface area contributed by atoms with Crippen LogP contribution in [0.25, 0.3) is 0 Å². The van der Waals surface area contributed by atoms with Crippen molar-refractivity contribution in [1.82, 2.24) is 14.8 Å². The van der Waals surface area contributed by atoms with Crippen molar-refractivity contribution in [2.24, 2.45) is 5.41 Å². The van der Waals surface area contributed by atoms with Gasteiger partial charge in [-0.1, -0.05) is 0 Å². The van der Waals surface area contributed by atoms with Gasteiger partial charge in [0, 0.05) is 36.9 Å². The van der Waals surface area contributed by atoms with Gasteiger partial charge in [0.15, 0.2) is 0 Å². The van der Waals surface area contributed by atoms with E-state index in [0.29, 0.717) is 12.6 Å². The minimum atomic E-state index is 0.141. The summed E-state index contributed by atoms with van der Waals surface area (Å²) in [7, 11) is 2.21. The van der Waals surface area contributed by atoms with Gasteiger partial charge in [-0.2, -0.15) is 0 Å². The lowest BCUT2D eigenvalue weighted by Gasteiger charge is -2.53. The van der Waals surface area contributed by atoms with E-state index in [1.807, 2.05) is 12.4 Å². The maximum Gasteiger partial charge on any atom is 0.0503 e. The van der Waals surface area contributed by atoms with E-state index in [1.165, 1.54) is 18.4 Å². The second-order valence-electron chi connectivity index (χ2n) is 6.46. The number of rotatable bonds is 3. The van der Waals surface area contributed by atoms with Crippen LogP contribution >= 0.6 is 0 Å². The van der Waals surface area contributed by atoms with Gasteiger partial charge in [0.1, 0.15) is 0 Å². The first kappa shape index (κ1) is 14.0. The Kier molecular flexibility index (Phi) is 4.06. The van der Waals surface area contributed by atoms with Crippen molar-refractivity contribution < 1.29 is 5.11 Å². The number of aromatic nitrogens is 1. The van der Waals surface area contributed by atoms with E-state index in [1.54, 1.807) is 0 Å². The van der Waals surface area contributed by atoms with Gasteiger partial charge in [-0.05, 0) is 57.1 Å². The molecule has 0 spiro atoms. The van der Waals surface area contributed by atoms with E-state index in [-0.39, 0.29) is 5.41 Å². The van der Waals surface area contributed by atoms with Gasteiger partial charge in [-0.25, -0.2) is 0 Å². The molecule has 1 N–H and O–H groups in total. The largest absolute Gasteiger partial charge is 0.396 e. The summed E-state index contributed by atoms with van der Waals surface area (Å²) in [5, 5.41) is 9.92. The van der Waals surface area contributed by atoms with Crippen molar-refractivity contribution in [2.75, 3.05) is 33.3 Å². The Labute approximate surface area is 121 Å². The zero-order valence-electron chi connectivity index (χ0n) is 12.3. The van der Waals surface area contributed by atoms with E-state index < -0.39 is 0 Å². The Bertz CT molecular complexity index is 439. The van der Waals surface area contributed by atoms with Crippen LogP contribution in [-0.4, -0.2) is 59.2 Å². The lowest BCUT2D eigenvalue weighted by Crippen LogP contribution is -2.61. The summed E-state index contributed by atoms with van der Waals surface area (Å²) in [5.41, 5.74) is 1.47. The number of hydrogen-bond donors (Lipinski definition) is 1. The number of fused-ring (bicyclic) bond motifs is 1. The number of aliphatic hydroxyl groups is 1. The Morgan fingerprint density at radius 3 is 2.85 bits per heavy atom. The van der Waals surface area contributed by atoms with Gasteiger partial charge in [0.2, 0.25) is 0 Å². The maximum atomic E-state index is 9.92. The average Bonchev–Trinajstić information content (AvgIpc) is 2.49. The third kappa shape index (κ3) is 2.60. The van der Waals surface area contributed by atoms with Crippen LogP contribution in [0.1, 0.15) is 24.8 Å². The molecule has 3 rings (SSSR count). The normalized spacial score (nSPS) is 32.0. The van der Waals surface area contributed by atoms with Crippen molar-refractivity contribution in [2.45, 2.75) is 31.8 Å². The molecule has 4 nitrogen and oxygen atoms in total. The summed E-state index contributed by atoms with van der Waals surface area (Å²) in [6, 6.07) is 4.69. The highest BCUT2D eigenvalue weighted by Gasteiger charge is 2.46. The van der Waals surface area contributed by atoms with Crippen LogP contribution in [0.2, 0.25) is 0 Å². The molecule has 2 aliphatic heterocycles. The molecule has 0 saturated carbocycles. The highest BCUT2D eigenvalue weighted by Crippen LogP contribution is 2.41. The average molecular weight is 275 g/mol. The Hall–Kier alpha value is -0.970. The fraction of sp³-hybridized carbons (Fsp3) is 0.688. The van der Waals surface area contributed by atoms with Crippen LogP contribution in [-0.2, 0) is 6.54 Å². The first-order chi connectivity index (χ1) is 9.73. The Morgan fingerprint density at radius 1 is 1.30 bits per heavy atom. The highest BCUT2D eigenvalue weighted by atomic mass is 16.3. The van der Waals surface area contributed by atoms with Crippen LogP contribution in [0.5, 0.6) is 0 Å². The second-order valence-corrected chi connectivity index (χ2v) is 6.46. The minimum Gasteiger partial charge on any atom is -0.396 e. The predicted molar refractivity (Wildman–Crippen MR) is 79.3 cm³/mol. The van der Waals surface area contributed by atoms with Crippen molar-refractivity contribution >= 4 is 0 Å². The number of likely N-dealkylation sites (N-methyl/N-ethyl adjacent to an activating group) is 1. The number of pyridine rings is 1. The minimum absolute atomic E-state index is 0.141. The van der Waals surface area contributed by atoms with Crippen LogP contribution < -0.4 is 0 Å². The van der Waals surface area contributed by atoms with Crippen LogP contribution in [0.3, 0.4) is 0 Å². The highest BCUT2D eigenvalue weighted by molar-refractivity contribution is 5.10. The maximum absolute atomic E-state index is 9.92. The fourth-order valence-corrected chi connectivity index (χ4v) is 3.97. The molecule has 2 saturated heterocycles. The van der Waals surface area contributed by atoms with Gasteiger partial charge >= 0.3 is 0 Å². The smallest absolute Gasteiger partial charge is 0.0503 e. The summed E-state index contributed by atoms with van der Waals surface area (Å²) in [5.74, 6) is 0. The molecule has 1 aromatic rings. The third-order valence-corrected chi connectivity index (χ3v) is 5.25. The van der Waals surface area contributed by atoms with Crippen molar-refractivity contribution in [1.29, 1.82) is 0 Å². The predicted octanol–water partition coefficient (Wildman–Crippen LogP) is 1.36. The van der Waals surface area contributed by atoms with E-state index in [4.69, 9.17) is 0 Å². The van der Waals surface area contributed by atoms with Gasteiger partial charge in [-0.15, -0.1) is 0 Å². The zero-order valence-corrected chi connectivity index (χ0v) is 12.3. The molecule has 1 aromatic heterocycles. The summed E-state index contributed by atoms with van der Waals surface area (Å²) < 4.78 is 0. The fourth-order valence-electron chi connectivity index (χ4n) is 3.97. The third-order valence-electron chi connectivity index (χ3n) is 5.25. The first-order valence-electron chi connectivity index (χ1n) is 7.66. The summed E-state index contributed by atoms with van der Waals surface area (Å²) in [4.78, 5) is 9.06. The van der Waals surface area contributed by atoms with Gasteiger partial charge in [-0.3, -0.25) is 9.88 Å². The number of likely N-dealkylation sites (tertiary alicyclic amines) is 2. The summed E-state index contributed by atoms with van der Waals surface area (Å²) in [6.45, 7) is 4.65. The molecule has 0 bridgehead atoms. The monoisotopic (exact) mass is 275 g/mol. The van der Waals surface area contributed by atoms with Crippen LogP contribution in [0, 0.1) is 5.41 Å². The van der Waals surface area contributed by atoms with Gasteiger partial charge in [0.25, 0.3) is 0 Å². The lowest BCUT2D eigenvalue weighted by atomic mass is 9.69. The molecule has 4 heteroatoms. The molecular formula is C16H25N3O. The molecule has 0 unspecified atom stereocenters. The molecule has 3 heterocycles. The standard InChI is InChI=1S/C16H25N3O/c1-18-9-2-5-16(13-20)6-10-19(12-15(16)18)11-14-3-7-17-8-4-14/h3-4,7-8,15,20H,2,5-6,9-13H2,1H3/t15-,16-/m1/s1. The van der Waals surface area contributed by atoms with Crippen LogP contribution in [0.15, 0.2) is 24.5 Å². The van der Waals surface area contributed by atoms with E-state index in [2.05, 4.69) is 34.0 Å². The molecule has 0 amide bonds. The summed E-state index contributed by atoms with van der Waals surface area (Å²) >= 11 is 0. The molecular weight excluding hydrogens is 250 g/mol. The number of hydrogen-bond acceptors (Lipinski definition) is 4. The lowest BCUT2D eigenvalue weighted by molar-refractivity contribution is -0.0684. The van der Waals surface area contributed by atoms with Crippen molar-refractivity contribution in [3.8, 4) is 0 Å². The van der Waals surface area contributed by atoms with E-state index in [0.717, 1.165) is 32.6 Å². The molecule has 20 heavy (non-hydrogen) atoms. The van der Waals surface area contributed by atoms with Crippen LogP contribution in [0.4, 0.5) is 0 Å². The topological polar surface area (TPSA) is 39.6 Å². The van der Waals surface area contributed by atoms with Gasteiger partial charge in [0.05, 0.1) is 6.61 Å². The Balaban J connectivity index is 1.70. The van der Waals surface area contributed by atoms with Crippen molar-refractivity contribution in [3.63, 3.8) is 0 Å². The summed E-state index contributed by atoms with van der Waals surface area (Å²) in [6.07, 6.45) is 7.25. The Morgan fingerprint density at radius 2 is 2.10 bits per heavy atom. The first-order valence-corrected chi connectivity index (χ1v) is 7.66. The molecule has 2 aliphatic rings. The molecule has 110 valence electrons. The number of piperidine rings is 2. The number of aliphatic hydroxyl groups excluding tert-OH is 1. The molecule has 2 atom stereocenters. The second kappa shape index (κ2) is 5.80. The quantitative estimate of drug-likeness (QED) is 0.904. The van der Waals surface area contributed by atoms with E-state index >= 15 is 0 Å². The zero-order chi connectivity index (χ0) is 14.0.